The predicted octanol–water partition coefficient (Wildman–Crippen LogP) is 3.45. The topological polar surface area (TPSA) is 44.8 Å². The number of rotatable bonds is 7. The fourth-order valence-corrected chi connectivity index (χ4v) is 1.96. The van der Waals surface area contributed by atoms with Gasteiger partial charge in [-0.25, -0.2) is 0 Å². The summed E-state index contributed by atoms with van der Waals surface area (Å²) >= 11 is 0. The van der Waals surface area contributed by atoms with Gasteiger partial charge in [-0.05, 0) is 24.6 Å². The highest BCUT2D eigenvalue weighted by Crippen LogP contribution is 2.29. The summed E-state index contributed by atoms with van der Waals surface area (Å²) < 4.78 is 16.1. The van der Waals surface area contributed by atoms with Crippen molar-refractivity contribution < 1.29 is 19.0 Å². The van der Waals surface area contributed by atoms with E-state index in [1.807, 2.05) is 30.3 Å². The van der Waals surface area contributed by atoms with Gasteiger partial charge in [0.2, 0.25) is 0 Å². The molecule has 4 heteroatoms. The SMILES string of the molecule is COCOc1cccc(OCc2ccccc2)c1C(C)=O. The first-order valence-corrected chi connectivity index (χ1v) is 6.64. The average molecular weight is 286 g/mol. The van der Waals surface area contributed by atoms with Crippen LogP contribution in [0.5, 0.6) is 11.5 Å². The molecule has 0 aliphatic heterocycles. The molecule has 2 rings (SSSR count). The van der Waals surface area contributed by atoms with Crippen molar-refractivity contribution in [1.29, 1.82) is 0 Å². The highest BCUT2D eigenvalue weighted by atomic mass is 16.7. The molecular weight excluding hydrogens is 268 g/mol. The van der Waals surface area contributed by atoms with Crippen molar-refractivity contribution in [2.24, 2.45) is 0 Å². The van der Waals surface area contributed by atoms with Crippen molar-refractivity contribution in [3.8, 4) is 11.5 Å². The standard InChI is InChI=1S/C17H18O4/c1-13(18)17-15(9-6-10-16(17)21-12-19-2)20-11-14-7-4-3-5-8-14/h3-10H,11-12H2,1-2H3. The second-order valence-corrected chi connectivity index (χ2v) is 4.51. The summed E-state index contributed by atoms with van der Waals surface area (Å²) in [6.07, 6.45) is 0. The first-order chi connectivity index (χ1) is 10.2. The molecule has 0 aromatic heterocycles. The lowest BCUT2D eigenvalue weighted by atomic mass is 10.1. The third-order valence-electron chi connectivity index (χ3n) is 2.91. The molecule has 0 aliphatic carbocycles. The molecule has 0 fully saturated rings. The lowest BCUT2D eigenvalue weighted by molar-refractivity contribution is 0.0500. The number of ketones is 1. The van der Waals surface area contributed by atoms with E-state index >= 15 is 0 Å². The van der Waals surface area contributed by atoms with E-state index < -0.39 is 0 Å². The van der Waals surface area contributed by atoms with Crippen LogP contribution in [0.1, 0.15) is 22.8 Å². The smallest absolute Gasteiger partial charge is 0.188 e. The summed E-state index contributed by atoms with van der Waals surface area (Å²) in [4.78, 5) is 11.9. The van der Waals surface area contributed by atoms with Crippen LogP contribution in [0.2, 0.25) is 0 Å². The quantitative estimate of drug-likeness (QED) is 0.577. The van der Waals surface area contributed by atoms with Crippen molar-refractivity contribution in [3.05, 3.63) is 59.7 Å². The van der Waals surface area contributed by atoms with Crippen LogP contribution in [0.25, 0.3) is 0 Å². The first-order valence-electron chi connectivity index (χ1n) is 6.64. The number of benzene rings is 2. The Labute approximate surface area is 124 Å². The number of hydrogen-bond acceptors (Lipinski definition) is 4. The molecule has 0 N–H and O–H groups in total. The number of Topliss-reactive ketones (excluding diaryl/α,β-unsaturated/α-hetero) is 1. The molecule has 2 aromatic carbocycles. The number of ether oxygens (including phenoxy) is 3. The van der Waals surface area contributed by atoms with E-state index in [2.05, 4.69) is 0 Å². The fraction of sp³-hybridized carbons (Fsp3) is 0.235. The van der Waals surface area contributed by atoms with Crippen LogP contribution in [-0.2, 0) is 11.3 Å². The molecular formula is C17H18O4. The minimum atomic E-state index is -0.107. The van der Waals surface area contributed by atoms with Gasteiger partial charge in [0.05, 0.1) is 0 Å². The molecule has 0 atom stereocenters. The van der Waals surface area contributed by atoms with Crippen LogP contribution < -0.4 is 9.47 Å². The molecule has 0 unspecified atom stereocenters. The molecule has 0 bridgehead atoms. The first kappa shape index (κ1) is 15.1. The van der Waals surface area contributed by atoms with Crippen LogP contribution in [-0.4, -0.2) is 19.7 Å². The Balaban J connectivity index is 2.20. The van der Waals surface area contributed by atoms with Crippen LogP contribution in [0, 0.1) is 0 Å². The summed E-state index contributed by atoms with van der Waals surface area (Å²) in [5, 5.41) is 0. The van der Waals surface area contributed by atoms with Crippen molar-refractivity contribution in [2.45, 2.75) is 13.5 Å². The Morgan fingerprint density at radius 1 is 0.952 bits per heavy atom. The van der Waals surface area contributed by atoms with Gasteiger partial charge in [0.15, 0.2) is 12.6 Å². The molecule has 4 nitrogen and oxygen atoms in total. The maximum absolute atomic E-state index is 11.9. The predicted molar refractivity (Wildman–Crippen MR) is 79.7 cm³/mol. The highest BCUT2D eigenvalue weighted by molar-refractivity contribution is 5.99. The van der Waals surface area contributed by atoms with Gasteiger partial charge in [-0.15, -0.1) is 0 Å². The van der Waals surface area contributed by atoms with Gasteiger partial charge in [0.25, 0.3) is 0 Å². The zero-order valence-electron chi connectivity index (χ0n) is 12.2. The summed E-state index contributed by atoms with van der Waals surface area (Å²) in [5.74, 6) is 0.875. The number of methoxy groups -OCH3 is 1. The molecule has 0 spiro atoms. The van der Waals surface area contributed by atoms with E-state index in [-0.39, 0.29) is 12.6 Å². The molecule has 0 amide bonds. The van der Waals surface area contributed by atoms with Crippen LogP contribution in [0.15, 0.2) is 48.5 Å². The molecule has 0 saturated heterocycles. The number of hydrogen-bond donors (Lipinski definition) is 0. The Morgan fingerprint density at radius 2 is 1.62 bits per heavy atom. The summed E-state index contributed by atoms with van der Waals surface area (Å²) in [5.41, 5.74) is 1.47. The Bertz CT molecular complexity index is 593. The number of carbonyl (C=O) groups is 1. The zero-order chi connectivity index (χ0) is 15.1. The van der Waals surface area contributed by atoms with E-state index in [0.29, 0.717) is 23.7 Å². The van der Waals surface area contributed by atoms with Gasteiger partial charge in [-0.3, -0.25) is 4.79 Å². The minimum absolute atomic E-state index is 0.0857. The molecule has 21 heavy (non-hydrogen) atoms. The number of carbonyl (C=O) groups excluding carboxylic acids is 1. The van der Waals surface area contributed by atoms with Crippen LogP contribution >= 0.6 is 0 Å². The minimum Gasteiger partial charge on any atom is -0.488 e. The van der Waals surface area contributed by atoms with Gasteiger partial charge in [0.1, 0.15) is 23.7 Å². The lowest BCUT2D eigenvalue weighted by Crippen LogP contribution is -2.07. The second kappa shape index (κ2) is 7.45. The van der Waals surface area contributed by atoms with E-state index in [4.69, 9.17) is 14.2 Å². The third-order valence-corrected chi connectivity index (χ3v) is 2.91. The van der Waals surface area contributed by atoms with Crippen LogP contribution in [0.4, 0.5) is 0 Å². The summed E-state index contributed by atoms with van der Waals surface area (Å²) in [7, 11) is 1.53. The molecule has 0 radical (unpaired) electrons. The van der Waals surface area contributed by atoms with E-state index in [1.54, 1.807) is 18.2 Å². The van der Waals surface area contributed by atoms with Gasteiger partial charge in [0, 0.05) is 7.11 Å². The largest absolute Gasteiger partial charge is 0.488 e. The van der Waals surface area contributed by atoms with Gasteiger partial charge >= 0.3 is 0 Å². The van der Waals surface area contributed by atoms with E-state index in [1.165, 1.54) is 14.0 Å². The maximum atomic E-state index is 11.9. The fourth-order valence-electron chi connectivity index (χ4n) is 1.96. The van der Waals surface area contributed by atoms with Crippen molar-refractivity contribution in [2.75, 3.05) is 13.9 Å². The summed E-state index contributed by atoms with van der Waals surface area (Å²) in [6, 6.07) is 15.1. The third kappa shape index (κ3) is 4.07. The maximum Gasteiger partial charge on any atom is 0.188 e. The van der Waals surface area contributed by atoms with E-state index in [0.717, 1.165) is 5.56 Å². The van der Waals surface area contributed by atoms with Crippen molar-refractivity contribution >= 4 is 5.78 Å². The Hall–Kier alpha value is -2.33. The highest BCUT2D eigenvalue weighted by Gasteiger charge is 2.15. The van der Waals surface area contributed by atoms with Crippen molar-refractivity contribution in [3.63, 3.8) is 0 Å². The molecule has 0 heterocycles. The van der Waals surface area contributed by atoms with Gasteiger partial charge < -0.3 is 14.2 Å². The summed E-state index contributed by atoms with van der Waals surface area (Å²) in [6.45, 7) is 1.97. The molecule has 110 valence electrons. The second-order valence-electron chi connectivity index (χ2n) is 4.51. The monoisotopic (exact) mass is 286 g/mol. The van der Waals surface area contributed by atoms with Gasteiger partial charge in [-0.1, -0.05) is 36.4 Å². The normalized spacial score (nSPS) is 10.2. The van der Waals surface area contributed by atoms with Gasteiger partial charge in [-0.2, -0.15) is 0 Å². The Kier molecular flexibility index (Phi) is 5.35. The molecule has 0 saturated carbocycles. The zero-order valence-corrected chi connectivity index (χ0v) is 12.2. The molecule has 0 aliphatic rings. The van der Waals surface area contributed by atoms with Crippen LogP contribution in [0.3, 0.4) is 0 Å². The Morgan fingerprint density at radius 3 is 2.24 bits per heavy atom. The van der Waals surface area contributed by atoms with Crippen molar-refractivity contribution in [1.82, 2.24) is 0 Å². The average Bonchev–Trinajstić information content (AvgIpc) is 2.51. The molecule has 2 aromatic rings. The van der Waals surface area contributed by atoms with E-state index in [9.17, 15) is 4.79 Å². The lowest BCUT2D eigenvalue weighted by Gasteiger charge is -2.14.